The van der Waals surface area contributed by atoms with Crippen LogP contribution < -0.4 is 5.32 Å². The van der Waals surface area contributed by atoms with Gasteiger partial charge in [0.15, 0.2) is 0 Å². The topological polar surface area (TPSA) is 85.5 Å². The lowest BCUT2D eigenvalue weighted by molar-refractivity contribution is 0.200. The van der Waals surface area contributed by atoms with E-state index in [9.17, 15) is 13.2 Å². The lowest BCUT2D eigenvalue weighted by atomic mass is 9.91. The Hall–Kier alpha value is -2.84. The summed E-state index contributed by atoms with van der Waals surface area (Å²) in [5, 5.41) is 4.23. The van der Waals surface area contributed by atoms with E-state index in [2.05, 4.69) is 28.5 Å². The fraction of sp³-hybridized carbons (Fsp3) is 0.348. The van der Waals surface area contributed by atoms with Crippen LogP contribution in [0.1, 0.15) is 23.5 Å². The molecule has 0 saturated carbocycles. The van der Waals surface area contributed by atoms with Gasteiger partial charge in [-0.05, 0) is 23.6 Å². The predicted octanol–water partition coefficient (Wildman–Crippen LogP) is 2.98. The van der Waals surface area contributed by atoms with Gasteiger partial charge in [0.1, 0.15) is 0 Å². The van der Waals surface area contributed by atoms with E-state index in [1.54, 1.807) is 4.90 Å². The molecule has 3 aromatic rings. The van der Waals surface area contributed by atoms with Crippen molar-refractivity contribution in [2.45, 2.75) is 12.3 Å². The molecule has 0 bridgehead atoms. The van der Waals surface area contributed by atoms with Crippen LogP contribution in [0.4, 0.5) is 4.79 Å². The number of urea groups is 1. The Kier molecular flexibility index (Phi) is 6.29. The Labute approximate surface area is 183 Å². The molecular formula is C23H28N4O3S. The van der Waals surface area contributed by atoms with Gasteiger partial charge in [0, 0.05) is 55.7 Å². The molecule has 1 aliphatic rings. The quantitative estimate of drug-likeness (QED) is 0.640. The molecule has 0 aliphatic carbocycles. The second-order valence-electron chi connectivity index (χ2n) is 7.94. The first-order valence-electron chi connectivity index (χ1n) is 10.5. The highest BCUT2D eigenvalue weighted by Gasteiger charge is 2.25. The van der Waals surface area contributed by atoms with Crippen molar-refractivity contribution in [3.63, 3.8) is 0 Å². The second kappa shape index (κ2) is 9.11. The van der Waals surface area contributed by atoms with Gasteiger partial charge in [0.25, 0.3) is 0 Å². The van der Waals surface area contributed by atoms with Gasteiger partial charge in [-0.15, -0.1) is 0 Å². The number of sulfonamides is 1. The molecule has 0 radical (unpaired) electrons. The zero-order valence-electron chi connectivity index (χ0n) is 17.6. The van der Waals surface area contributed by atoms with E-state index in [-0.39, 0.29) is 11.9 Å². The lowest BCUT2D eigenvalue weighted by Crippen LogP contribution is -2.43. The molecule has 8 heteroatoms. The van der Waals surface area contributed by atoms with Gasteiger partial charge in [-0.2, -0.15) is 0 Å². The molecule has 4 rings (SSSR count). The van der Waals surface area contributed by atoms with E-state index in [1.807, 2.05) is 42.6 Å². The molecule has 1 aliphatic heterocycles. The zero-order valence-corrected chi connectivity index (χ0v) is 18.4. The van der Waals surface area contributed by atoms with Crippen molar-refractivity contribution in [3.05, 3.63) is 71.9 Å². The zero-order chi connectivity index (χ0) is 21.8. The predicted molar refractivity (Wildman–Crippen MR) is 123 cm³/mol. The first-order valence-corrected chi connectivity index (χ1v) is 12.4. The second-order valence-corrected chi connectivity index (χ2v) is 9.92. The molecule has 31 heavy (non-hydrogen) atoms. The van der Waals surface area contributed by atoms with E-state index in [1.165, 1.54) is 10.6 Å². The van der Waals surface area contributed by atoms with Gasteiger partial charge in [-0.25, -0.2) is 17.5 Å². The first kappa shape index (κ1) is 21.4. The summed E-state index contributed by atoms with van der Waals surface area (Å²) in [5.74, 6) is 0.000737. The monoisotopic (exact) mass is 440 g/mol. The summed E-state index contributed by atoms with van der Waals surface area (Å²) in [6, 6.07) is 18.2. The maximum Gasteiger partial charge on any atom is 0.317 e. The third kappa shape index (κ3) is 4.91. The van der Waals surface area contributed by atoms with Gasteiger partial charge in [0.05, 0.1) is 6.26 Å². The van der Waals surface area contributed by atoms with Crippen LogP contribution >= 0.6 is 0 Å². The van der Waals surface area contributed by atoms with Gasteiger partial charge in [0.2, 0.25) is 10.0 Å². The van der Waals surface area contributed by atoms with Crippen molar-refractivity contribution in [2.75, 3.05) is 39.0 Å². The number of hydrogen-bond acceptors (Lipinski definition) is 3. The highest BCUT2D eigenvalue weighted by atomic mass is 32.2. The average Bonchev–Trinajstić information content (AvgIpc) is 3.01. The summed E-state index contributed by atoms with van der Waals surface area (Å²) in [7, 11) is -3.24. The SMILES string of the molecule is CS(=O)(=O)N1CCCN(C(=O)NCC(c2ccccc2)c2c[nH]c3ccccc23)CC1. The largest absolute Gasteiger partial charge is 0.361 e. The Morgan fingerprint density at radius 3 is 2.55 bits per heavy atom. The minimum Gasteiger partial charge on any atom is -0.361 e. The van der Waals surface area contributed by atoms with E-state index in [4.69, 9.17) is 0 Å². The molecule has 1 saturated heterocycles. The van der Waals surface area contributed by atoms with Crippen molar-refractivity contribution in [3.8, 4) is 0 Å². The summed E-state index contributed by atoms with van der Waals surface area (Å²) in [5.41, 5.74) is 3.34. The molecular weight excluding hydrogens is 412 g/mol. The van der Waals surface area contributed by atoms with Crippen LogP contribution in [0, 0.1) is 0 Å². The van der Waals surface area contributed by atoms with E-state index in [0.717, 1.165) is 22.0 Å². The average molecular weight is 441 g/mol. The minimum absolute atomic E-state index is 0.000737. The number of aromatic amines is 1. The first-order chi connectivity index (χ1) is 14.9. The third-order valence-electron chi connectivity index (χ3n) is 5.87. The van der Waals surface area contributed by atoms with Crippen LogP contribution in [-0.2, 0) is 10.0 Å². The maximum atomic E-state index is 12.9. The highest BCUT2D eigenvalue weighted by Crippen LogP contribution is 2.30. The molecule has 7 nitrogen and oxygen atoms in total. The molecule has 2 amide bonds. The van der Waals surface area contributed by atoms with Gasteiger partial charge >= 0.3 is 6.03 Å². The normalized spacial score (nSPS) is 16.7. The minimum atomic E-state index is -3.24. The Bertz CT molecular complexity index is 1140. The third-order valence-corrected chi connectivity index (χ3v) is 7.17. The standard InChI is InChI=1S/C23H28N4O3S/c1-31(29,30)27-13-7-12-26(14-15-27)23(28)25-16-20(18-8-3-2-4-9-18)21-17-24-22-11-6-5-10-19(21)22/h2-6,8-11,17,20,24H,7,12-16H2,1H3,(H,25,28). The number of benzene rings is 2. The summed E-state index contributed by atoms with van der Waals surface area (Å²) >= 11 is 0. The number of para-hydroxylation sites is 1. The van der Waals surface area contributed by atoms with E-state index >= 15 is 0 Å². The maximum absolute atomic E-state index is 12.9. The van der Waals surface area contributed by atoms with Crippen LogP contribution in [0.2, 0.25) is 0 Å². The highest BCUT2D eigenvalue weighted by molar-refractivity contribution is 7.88. The molecule has 2 heterocycles. The number of aromatic nitrogens is 1. The smallest absolute Gasteiger partial charge is 0.317 e. The Morgan fingerprint density at radius 1 is 1.03 bits per heavy atom. The number of rotatable bonds is 5. The van der Waals surface area contributed by atoms with Crippen LogP contribution in [-0.4, -0.2) is 67.6 Å². The summed E-state index contributed by atoms with van der Waals surface area (Å²) in [6.07, 6.45) is 3.86. The number of carbonyl (C=O) groups excluding carboxylic acids is 1. The Balaban J connectivity index is 1.50. The van der Waals surface area contributed by atoms with Crippen LogP contribution in [0.25, 0.3) is 10.9 Å². The van der Waals surface area contributed by atoms with Crippen LogP contribution in [0.3, 0.4) is 0 Å². The Morgan fingerprint density at radius 2 is 1.77 bits per heavy atom. The number of nitrogens with zero attached hydrogens (tertiary/aromatic N) is 2. The number of fused-ring (bicyclic) bond motifs is 1. The van der Waals surface area contributed by atoms with Crippen molar-refractivity contribution in [1.29, 1.82) is 0 Å². The molecule has 1 atom stereocenters. The van der Waals surface area contributed by atoms with Gasteiger partial charge in [-0.3, -0.25) is 0 Å². The lowest BCUT2D eigenvalue weighted by Gasteiger charge is -2.24. The fourth-order valence-corrected chi connectivity index (χ4v) is 5.08. The van der Waals surface area contributed by atoms with Crippen molar-refractivity contribution in [2.24, 2.45) is 0 Å². The molecule has 2 aromatic carbocycles. The van der Waals surface area contributed by atoms with Gasteiger partial charge in [-0.1, -0.05) is 48.5 Å². The molecule has 1 fully saturated rings. The molecule has 0 spiro atoms. The molecule has 1 unspecified atom stereocenters. The number of nitrogens with one attached hydrogen (secondary N) is 2. The number of amides is 2. The van der Waals surface area contributed by atoms with Crippen LogP contribution in [0.5, 0.6) is 0 Å². The molecule has 164 valence electrons. The van der Waals surface area contributed by atoms with E-state index < -0.39 is 10.0 Å². The summed E-state index contributed by atoms with van der Waals surface area (Å²) in [4.78, 5) is 18.0. The van der Waals surface area contributed by atoms with Gasteiger partial charge < -0.3 is 15.2 Å². The fourth-order valence-electron chi connectivity index (χ4n) is 4.20. The van der Waals surface area contributed by atoms with Crippen LogP contribution in [0.15, 0.2) is 60.8 Å². The van der Waals surface area contributed by atoms with E-state index in [0.29, 0.717) is 39.1 Å². The van der Waals surface area contributed by atoms with Crippen molar-refractivity contribution in [1.82, 2.24) is 19.5 Å². The number of carbonyl (C=O) groups is 1. The summed E-state index contributed by atoms with van der Waals surface area (Å²) in [6.45, 7) is 2.17. The number of hydrogen-bond donors (Lipinski definition) is 2. The number of H-pyrrole nitrogens is 1. The molecule has 1 aromatic heterocycles. The molecule has 2 N–H and O–H groups in total. The van der Waals surface area contributed by atoms with Crippen molar-refractivity contribution >= 4 is 27.0 Å². The van der Waals surface area contributed by atoms with Crippen molar-refractivity contribution < 1.29 is 13.2 Å². The summed E-state index contributed by atoms with van der Waals surface area (Å²) < 4.78 is 25.1.